The summed E-state index contributed by atoms with van der Waals surface area (Å²) in [5.74, 6) is -0.297. The Morgan fingerprint density at radius 2 is 1.87 bits per heavy atom. The summed E-state index contributed by atoms with van der Waals surface area (Å²) in [5, 5.41) is 16.0. The van der Waals surface area contributed by atoms with Crippen LogP contribution < -0.4 is 15.5 Å². The molecule has 2 unspecified atom stereocenters. The van der Waals surface area contributed by atoms with E-state index in [0.717, 1.165) is 48.6 Å². The zero-order valence-electron chi connectivity index (χ0n) is 21.9. The Morgan fingerprint density at radius 1 is 1.08 bits per heavy atom. The molecule has 0 bridgehead atoms. The van der Waals surface area contributed by atoms with Crippen molar-refractivity contribution in [3.8, 4) is 6.07 Å². The molecule has 0 aliphatic carbocycles. The molecule has 2 saturated heterocycles. The van der Waals surface area contributed by atoms with E-state index in [1.807, 2.05) is 48.5 Å². The molecule has 2 amide bonds. The van der Waals surface area contributed by atoms with E-state index in [2.05, 4.69) is 45.6 Å². The number of benzene rings is 3. The number of carbonyl (C=O) groups excluding carboxylic acids is 2. The molecule has 3 aromatic rings. The van der Waals surface area contributed by atoms with Crippen LogP contribution in [0.15, 0.2) is 66.7 Å². The van der Waals surface area contributed by atoms with Crippen LogP contribution >= 0.6 is 0 Å². The maximum absolute atomic E-state index is 13.0. The number of hydrogen-bond donors (Lipinski definition) is 2. The van der Waals surface area contributed by atoms with Crippen molar-refractivity contribution < 1.29 is 14.3 Å². The fourth-order valence-electron chi connectivity index (χ4n) is 6.06. The molecule has 2 N–H and O–H groups in total. The molecule has 39 heavy (non-hydrogen) atoms. The second-order valence-electron chi connectivity index (χ2n) is 10.5. The van der Waals surface area contributed by atoms with Gasteiger partial charge in [-0.15, -0.1) is 0 Å². The first kappa shape index (κ1) is 25.1. The number of anilines is 3. The summed E-state index contributed by atoms with van der Waals surface area (Å²) in [6.45, 7) is 5.46. The zero-order chi connectivity index (χ0) is 26.9. The zero-order valence-corrected chi connectivity index (χ0v) is 21.9. The summed E-state index contributed by atoms with van der Waals surface area (Å²) in [6, 6.07) is 23.8. The quantitative estimate of drug-likeness (QED) is 0.528. The number of piperazine rings is 1. The molecule has 0 spiro atoms. The van der Waals surface area contributed by atoms with Gasteiger partial charge in [-0.2, -0.15) is 5.26 Å². The van der Waals surface area contributed by atoms with Crippen molar-refractivity contribution in [2.24, 2.45) is 5.92 Å². The first-order valence-electron chi connectivity index (χ1n) is 13.5. The van der Waals surface area contributed by atoms with Gasteiger partial charge in [0.1, 0.15) is 6.07 Å². The van der Waals surface area contributed by atoms with Gasteiger partial charge in [-0.25, -0.2) is 0 Å². The summed E-state index contributed by atoms with van der Waals surface area (Å²) in [4.78, 5) is 30.3. The predicted molar refractivity (Wildman–Crippen MR) is 150 cm³/mol. The number of para-hydroxylation sites is 1. The normalized spacial score (nSPS) is 22.7. The van der Waals surface area contributed by atoms with Crippen LogP contribution in [0.5, 0.6) is 0 Å². The number of nitrogens with one attached hydrogen (secondary N) is 2. The van der Waals surface area contributed by atoms with Gasteiger partial charge in [-0.1, -0.05) is 36.4 Å². The van der Waals surface area contributed by atoms with Crippen molar-refractivity contribution >= 4 is 28.9 Å². The molecule has 6 rings (SSSR count). The standard InChI is InChI=1S/C31H31N5O3/c1-20-18-35(29-24-6-2-3-7-25(24)31(38)34-27-9-5-4-8-26(27)29)13-14-36(20)28-11-10-23(16-22(28)17-32)33-30(37)21-12-15-39-19-21/h2-11,16,20-21,29H,12-15,18-19H2,1H3,(H,33,37)(H,34,38)/t20-,21?,29?/m0/s1. The number of nitriles is 1. The van der Waals surface area contributed by atoms with Crippen molar-refractivity contribution in [1.29, 1.82) is 5.26 Å². The van der Waals surface area contributed by atoms with Crippen molar-refractivity contribution in [3.05, 3.63) is 89.0 Å². The fourth-order valence-corrected chi connectivity index (χ4v) is 6.06. The second-order valence-corrected chi connectivity index (χ2v) is 10.5. The molecule has 198 valence electrons. The minimum atomic E-state index is -0.145. The van der Waals surface area contributed by atoms with Gasteiger partial charge >= 0.3 is 0 Å². The Hall–Kier alpha value is -4.19. The van der Waals surface area contributed by atoms with Crippen molar-refractivity contribution in [3.63, 3.8) is 0 Å². The average molecular weight is 522 g/mol. The van der Waals surface area contributed by atoms with Crippen LogP contribution in [0, 0.1) is 17.2 Å². The van der Waals surface area contributed by atoms with Crippen LogP contribution in [-0.4, -0.2) is 55.6 Å². The summed E-state index contributed by atoms with van der Waals surface area (Å²) in [7, 11) is 0. The topological polar surface area (TPSA) is 97.7 Å². The van der Waals surface area contributed by atoms with Gasteiger partial charge < -0.3 is 20.3 Å². The first-order valence-corrected chi connectivity index (χ1v) is 13.5. The molecule has 8 nitrogen and oxygen atoms in total. The maximum Gasteiger partial charge on any atom is 0.256 e. The number of carbonyl (C=O) groups is 2. The van der Waals surface area contributed by atoms with Crippen LogP contribution in [0.3, 0.4) is 0 Å². The van der Waals surface area contributed by atoms with Crippen molar-refractivity contribution in [2.45, 2.75) is 25.4 Å². The predicted octanol–water partition coefficient (Wildman–Crippen LogP) is 4.40. The molecule has 2 fully saturated rings. The van der Waals surface area contributed by atoms with E-state index in [-0.39, 0.29) is 29.8 Å². The number of rotatable bonds is 4. The van der Waals surface area contributed by atoms with Crippen LogP contribution in [0.1, 0.15) is 46.4 Å². The van der Waals surface area contributed by atoms with Crippen molar-refractivity contribution in [2.75, 3.05) is 48.4 Å². The van der Waals surface area contributed by atoms with Gasteiger partial charge in [0, 0.05) is 49.2 Å². The lowest BCUT2D eigenvalue weighted by Crippen LogP contribution is -2.53. The lowest BCUT2D eigenvalue weighted by atomic mass is 9.92. The molecule has 3 atom stereocenters. The molecule has 8 heteroatoms. The average Bonchev–Trinajstić information content (AvgIpc) is 3.46. The number of amides is 2. The summed E-state index contributed by atoms with van der Waals surface area (Å²) >= 11 is 0. The monoisotopic (exact) mass is 521 g/mol. The highest BCUT2D eigenvalue weighted by Crippen LogP contribution is 2.39. The van der Waals surface area contributed by atoms with Crippen molar-refractivity contribution in [1.82, 2.24) is 4.90 Å². The third kappa shape index (κ3) is 4.76. The Morgan fingerprint density at radius 3 is 2.64 bits per heavy atom. The van der Waals surface area contributed by atoms with Gasteiger partial charge in [0.2, 0.25) is 5.91 Å². The van der Waals surface area contributed by atoms with Crippen LogP contribution in [-0.2, 0) is 9.53 Å². The third-order valence-corrected chi connectivity index (χ3v) is 8.02. The SMILES string of the molecule is C[C@H]1CN(C2c3ccccc3NC(=O)c3ccccc32)CCN1c1ccc(NC(=O)C2CCOC2)cc1C#N. The Bertz CT molecular complexity index is 1460. The van der Waals surface area contributed by atoms with E-state index < -0.39 is 0 Å². The number of fused-ring (bicyclic) bond motifs is 2. The van der Waals surface area contributed by atoms with E-state index in [0.29, 0.717) is 30.0 Å². The summed E-state index contributed by atoms with van der Waals surface area (Å²) in [5.41, 5.74) is 5.66. The maximum atomic E-state index is 13.0. The Balaban J connectivity index is 1.25. The molecule has 0 aromatic heterocycles. The lowest BCUT2D eigenvalue weighted by Gasteiger charge is -2.45. The van der Waals surface area contributed by atoms with E-state index in [1.165, 1.54) is 0 Å². The lowest BCUT2D eigenvalue weighted by molar-refractivity contribution is -0.119. The molecular weight excluding hydrogens is 490 g/mol. The molecular formula is C31H31N5O3. The van der Waals surface area contributed by atoms with E-state index >= 15 is 0 Å². The largest absolute Gasteiger partial charge is 0.381 e. The van der Waals surface area contributed by atoms with Crippen LogP contribution in [0.25, 0.3) is 0 Å². The van der Waals surface area contributed by atoms with Crippen LogP contribution in [0.2, 0.25) is 0 Å². The number of nitrogens with zero attached hydrogens (tertiary/aromatic N) is 3. The smallest absolute Gasteiger partial charge is 0.256 e. The molecule has 3 aliphatic heterocycles. The third-order valence-electron chi connectivity index (χ3n) is 8.02. The highest BCUT2D eigenvalue weighted by Gasteiger charge is 2.35. The van der Waals surface area contributed by atoms with Gasteiger partial charge in [-0.3, -0.25) is 14.5 Å². The molecule has 3 aliphatic rings. The van der Waals surface area contributed by atoms with E-state index in [1.54, 1.807) is 6.07 Å². The van der Waals surface area contributed by atoms with Gasteiger partial charge in [-0.05, 0) is 54.8 Å². The van der Waals surface area contributed by atoms with Gasteiger partial charge in [0.15, 0.2) is 0 Å². The summed E-state index contributed by atoms with van der Waals surface area (Å²) in [6.07, 6.45) is 0.719. The number of ether oxygens (including phenoxy) is 1. The van der Waals surface area contributed by atoms with Gasteiger partial charge in [0.25, 0.3) is 5.91 Å². The molecule has 3 heterocycles. The molecule has 0 radical (unpaired) electrons. The molecule has 0 saturated carbocycles. The fraction of sp³-hybridized carbons (Fsp3) is 0.323. The Kier molecular flexibility index (Phi) is 6.77. The first-order chi connectivity index (χ1) is 19.0. The highest BCUT2D eigenvalue weighted by atomic mass is 16.5. The second kappa shape index (κ2) is 10.5. The van der Waals surface area contributed by atoms with Gasteiger partial charge in [0.05, 0.1) is 29.8 Å². The minimum Gasteiger partial charge on any atom is -0.381 e. The highest BCUT2D eigenvalue weighted by molar-refractivity contribution is 6.07. The minimum absolute atomic E-state index is 0.0615. The van der Waals surface area contributed by atoms with Crippen LogP contribution in [0.4, 0.5) is 17.1 Å². The molecule has 3 aromatic carbocycles. The Labute approximate surface area is 228 Å². The summed E-state index contributed by atoms with van der Waals surface area (Å²) < 4.78 is 5.33. The van der Waals surface area contributed by atoms with E-state index in [9.17, 15) is 14.9 Å². The van der Waals surface area contributed by atoms with E-state index in [4.69, 9.17) is 4.74 Å². The number of hydrogen-bond acceptors (Lipinski definition) is 6.